The second-order valence-electron chi connectivity index (χ2n) is 4.50. The molecule has 0 aromatic carbocycles. The monoisotopic (exact) mass is 298 g/mol. The van der Waals surface area contributed by atoms with E-state index >= 15 is 0 Å². The summed E-state index contributed by atoms with van der Waals surface area (Å²) in [6.45, 7) is 2.37. The van der Waals surface area contributed by atoms with E-state index in [2.05, 4.69) is 15.4 Å². The summed E-state index contributed by atoms with van der Waals surface area (Å²) in [4.78, 5) is 4.20. The van der Waals surface area contributed by atoms with Crippen LogP contribution in [0.2, 0.25) is 4.34 Å². The van der Waals surface area contributed by atoms with E-state index in [0.29, 0.717) is 17.0 Å². The Morgan fingerprint density at radius 2 is 2.47 bits per heavy atom. The third-order valence-corrected chi connectivity index (χ3v) is 4.13. The molecule has 19 heavy (non-hydrogen) atoms. The molecule has 2 aromatic heterocycles. The van der Waals surface area contributed by atoms with Crippen LogP contribution in [0.3, 0.4) is 0 Å². The van der Waals surface area contributed by atoms with Gasteiger partial charge in [0, 0.05) is 12.8 Å². The summed E-state index contributed by atoms with van der Waals surface area (Å²) in [6, 6.07) is 0. The van der Waals surface area contributed by atoms with Crippen molar-refractivity contribution in [3.8, 4) is 0 Å². The summed E-state index contributed by atoms with van der Waals surface area (Å²) in [5, 5.41) is 8.58. The molecule has 1 atom stereocenters. The number of anilines is 1. The number of ether oxygens (including phenoxy) is 1. The number of thiazole rings is 1. The Balaban J connectivity index is 1.52. The Morgan fingerprint density at radius 3 is 3.21 bits per heavy atom. The smallest absolute Gasteiger partial charge is 0.113 e. The fourth-order valence-electron chi connectivity index (χ4n) is 2.10. The van der Waals surface area contributed by atoms with Gasteiger partial charge in [-0.15, -0.1) is 11.3 Å². The molecule has 0 spiro atoms. The van der Waals surface area contributed by atoms with Crippen LogP contribution in [0.15, 0.2) is 18.6 Å². The standard InChI is InChI=1S/C12H15ClN4OS/c13-11-5-15-12(19-11)6-14-9-4-16-17(7-9)8-10-2-1-3-18-10/h4-5,7,10,14H,1-3,6,8H2. The molecule has 1 aliphatic rings. The van der Waals surface area contributed by atoms with Crippen molar-refractivity contribution >= 4 is 28.6 Å². The summed E-state index contributed by atoms with van der Waals surface area (Å²) in [6.07, 6.45) is 8.08. The van der Waals surface area contributed by atoms with Crippen molar-refractivity contribution in [2.75, 3.05) is 11.9 Å². The van der Waals surface area contributed by atoms with Gasteiger partial charge in [-0.05, 0) is 12.8 Å². The largest absolute Gasteiger partial charge is 0.376 e. The van der Waals surface area contributed by atoms with Crippen LogP contribution in [-0.4, -0.2) is 27.5 Å². The molecule has 0 bridgehead atoms. The molecule has 0 aliphatic carbocycles. The molecular weight excluding hydrogens is 284 g/mol. The van der Waals surface area contributed by atoms with Crippen LogP contribution in [-0.2, 0) is 17.8 Å². The van der Waals surface area contributed by atoms with Crippen molar-refractivity contribution in [2.45, 2.75) is 32.0 Å². The van der Waals surface area contributed by atoms with Gasteiger partial charge < -0.3 is 10.1 Å². The molecule has 1 saturated heterocycles. The second-order valence-corrected chi connectivity index (χ2v) is 6.24. The van der Waals surface area contributed by atoms with Crippen molar-refractivity contribution in [3.63, 3.8) is 0 Å². The fourth-order valence-corrected chi connectivity index (χ4v) is 3.00. The van der Waals surface area contributed by atoms with E-state index in [1.54, 1.807) is 6.20 Å². The van der Waals surface area contributed by atoms with E-state index < -0.39 is 0 Å². The van der Waals surface area contributed by atoms with E-state index in [-0.39, 0.29) is 0 Å². The maximum atomic E-state index is 5.84. The summed E-state index contributed by atoms with van der Waals surface area (Å²) in [5.41, 5.74) is 0.990. The van der Waals surface area contributed by atoms with Crippen molar-refractivity contribution in [3.05, 3.63) is 27.9 Å². The van der Waals surface area contributed by atoms with Crippen LogP contribution in [0.4, 0.5) is 5.69 Å². The first-order chi connectivity index (χ1) is 9.29. The second kappa shape index (κ2) is 5.90. The molecule has 3 rings (SSSR count). The van der Waals surface area contributed by atoms with Crippen molar-refractivity contribution in [1.29, 1.82) is 0 Å². The lowest BCUT2D eigenvalue weighted by Crippen LogP contribution is -2.15. The molecule has 1 fully saturated rings. The van der Waals surface area contributed by atoms with Gasteiger partial charge in [-0.1, -0.05) is 11.6 Å². The van der Waals surface area contributed by atoms with Gasteiger partial charge in [0.2, 0.25) is 0 Å². The van der Waals surface area contributed by atoms with E-state index in [1.165, 1.54) is 11.3 Å². The normalized spacial score (nSPS) is 18.9. The molecule has 0 radical (unpaired) electrons. The van der Waals surface area contributed by atoms with Crippen LogP contribution >= 0.6 is 22.9 Å². The van der Waals surface area contributed by atoms with Crippen LogP contribution in [0.1, 0.15) is 17.8 Å². The van der Waals surface area contributed by atoms with Crippen LogP contribution in [0.25, 0.3) is 0 Å². The predicted octanol–water partition coefficient (Wildman–Crippen LogP) is 2.78. The first-order valence-electron chi connectivity index (χ1n) is 6.28. The number of nitrogens with one attached hydrogen (secondary N) is 1. The fraction of sp³-hybridized carbons (Fsp3) is 0.500. The molecule has 0 saturated carbocycles. The minimum absolute atomic E-state index is 0.311. The average molecular weight is 299 g/mol. The molecular formula is C12H15ClN4OS. The van der Waals surface area contributed by atoms with Crippen molar-refractivity contribution < 1.29 is 4.74 Å². The van der Waals surface area contributed by atoms with Gasteiger partial charge in [-0.3, -0.25) is 4.68 Å². The number of hydrogen-bond donors (Lipinski definition) is 1. The number of halogens is 1. The number of hydrogen-bond acceptors (Lipinski definition) is 5. The molecule has 1 unspecified atom stereocenters. The number of nitrogens with zero attached hydrogens (tertiary/aromatic N) is 3. The highest BCUT2D eigenvalue weighted by molar-refractivity contribution is 7.15. The lowest BCUT2D eigenvalue weighted by atomic mass is 10.2. The third kappa shape index (κ3) is 3.46. The molecule has 102 valence electrons. The van der Waals surface area contributed by atoms with Crippen molar-refractivity contribution in [2.24, 2.45) is 0 Å². The van der Waals surface area contributed by atoms with Gasteiger partial charge in [0.05, 0.1) is 37.3 Å². The van der Waals surface area contributed by atoms with Crippen molar-refractivity contribution in [1.82, 2.24) is 14.8 Å². The zero-order valence-electron chi connectivity index (χ0n) is 10.4. The van der Waals surface area contributed by atoms with Gasteiger partial charge in [0.15, 0.2) is 0 Å². The average Bonchev–Trinajstić information content (AvgIpc) is 3.10. The predicted molar refractivity (Wildman–Crippen MR) is 75.7 cm³/mol. The van der Waals surface area contributed by atoms with Gasteiger partial charge in [0.1, 0.15) is 9.34 Å². The zero-order chi connectivity index (χ0) is 13.1. The molecule has 1 N–H and O–H groups in total. The molecule has 1 aliphatic heterocycles. The lowest BCUT2D eigenvalue weighted by Gasteiger charge is -2.08. The minimum atomic E-state index is 0.311. The summed E-state index contributed by atoms with van der Waals surface area (Å²) in [7, 11) is 0. The SMILES string of the molecule is Clc1cnc(CNc2cnn(CC3CCCO3)c2)s1. The zero-order valence-corrected chi connectivity index (χ0v) is 12.0. The Kier molecular flexibility index (Phi) is 4.00. The minimum Gasteiger partial charge on any atom is -0.376 e. The van der Waals surface area contributed by atoms with E-state index in [1.807, 2.05) is 17.1 Å². The van der Waals surface area contributed by atoms with Crippen LogP contribution < -0.4 is 5.32 Å². The van der Waals surface area contributed by atoms with E-state index in [4.69, 9.17) is 16.3 Å². The summed E-state index contributed by atoms with van der Waals surface area (Å²) in [5.74, 6) is 0. The summed E-state index contributed by atoms with van der Waals surface area (Å²) >= 11 is 7.32. The molecule has 7 heteroatoms. The summed E-state index contributed by atoms with van der Waals surface area (Å²) < 4.78 is 8.23. The van der Waals surface area contributed by atoms with E-state index in [9.17, 15) is 0 Å². The molecule has 2 aromatic rings. The Hall–Kier alpha value is -1.11. The third-order valence-electron chi connectivity index (χ3n) is 3.02. The Labute approximate surface area is 120 Å². The van der Waals surface area contributed by atoms with Gasteiger partial charge in [-0.2, -0.15) is 5.10 Å². The highest BCUT2D eigenvalue weighted by atomic mass is 35.5. The van der Waals surface area contributed by atoms with Crippen LogP contribution in [0, 0.1) is 0 Å². The highest BCUT2D eigenvalue weighted by Crippen LogP contribution is 2.19. The van der Waals surface area contributed by atoms with E-state index in [0.717, 1.165) is 36.7 Å². The van der Waals surface area contributed by atoms with Crippen LogP contribution in [0.5, 0.6) is 0 Å². The van der Waals surface area contributed by atoms with Gasteiger partial charge >= 0.3 is 0 Å². The first kappa shape index (κ1) is 12.9. The lowest BCUT2D eigenvalue weighted by molar-refractivity contribution is 0.0940. The first-order valence-corrected chi connectivity index (χ1v) is 7.47. The molecule has 3 heterocycles. The maximum Gasteiger partial charge on any atom is 0.113 e. The molecule has 5 nitrogen and oxygen atoms in total. The Bertz CT molecular complexity index is 535. The molecule has 0 amide bonds. The maximum absolute atomic E-state index is 5.84. The number of rotatable bonds is 5. The quantitative estimate of drug-likeness (QED) is 0.922. The Morgan fingerprint density at radius 1 is 1.53 bits per heavy atom. The van der Waals surface area contributed by atoms with Gasteiger partial charge in [0.25, 0.3) is 0 Å². The highest BCUT2D eigenvalue weighted by Gasteiger charge is 2.16. The van der Waals surface area contributed by atoms with Gasteiger partial charge in [-0.25, -0.2) is 4.98 Å². The number of aromatic nitrogens is 3. The topological polar surface area (TPSA) is 52.0 Å².